The molecule has 0 radical (unpaired) electrons. The molecule has 2 rings (SSSR count). The first-order chi connectivity index (χ1) is 11.8. The molecule has 2 N–H and O–H groups in total. The standard InChI is InChI=1S/C19H28N2O4/c1-19(2,3)17(22)25-21-16-11-7-10-15(12-16)20-18(23)24-13-14-8-5-4-6-9-14/h4-6,8-9,15-16,21H,7,10-13H2,1-3H3,(H,20,23). The molecule has 138 valence electrons. The number of hydroxylamine groups is 1. The van der Waals surface area contributed by atoms with Gasteiger partial charge in [-0.05, 0) is 52.0 Å². The van der Waals surface area contributed by atoms with E-state index in [9.17, 15) is 9.59 Å². The molecule has 1 saturated carbocycles. The van der Waals surface area contributed by atoms with E-state index in [0.29, 0.717) is 6.42 Å². The van der Waals surface area contributed by atoms with Gasteiger partial charge in [0.1, 0.15) is 6.61 Å². The second-order valence-corrected chi connectivity index (χ2v) is 7.52. The lowest BCUT2D eigenvalue weighted by molar-refractivity contribution is -0.163. The smallest absolute Gasteiger partial charge is 0.407 e. The first kappa shape index (κ1) is 19.2. The van der Waals surface area contributed by atoms with Crippen molar-refractivity contribution in [2.24, 2.45) is 5.41 Å². The van der Waals surface area contributed by atoms with Gasteiger partial charge in [-0.25, -0.2) is 9.59 Å². The fourth-order valence-electron chi connectivity index (χ4n) is 2.65. The van der Waals surface area contributed by atoms with Crippen molar-refractivity contribution in [3.63, 3.8) is 0 Å². The number of ether oxygens (including phenoxy) is 1. The Labute approximate surface area is 149 Å². The van der Waals surface area contributed by atoms with Crippen LogP contribution in [0.1, 0.15) is 52.0 Å². The number of carbonyl (C=O) groups excluding carboxylic acids is 2. The monoisotopic (exact) mass is 348 g/mol. The second kappa shape index (κ2) is 8.85. The van der Waals surface area contributed by atoms with E-state index >= 15 is 0 Å². The highest BCUT2D eigenvalue weighted by molar-refractivity contribution is 5.75. The highest BCUT2D eigenvalue weighted by atomic mass is 16.7. The molecule has 1 aromatic carbocycles. The second-order valence-electron chi connectivity index (χ2n) is 7.52. The summed E-state index contributed by atoms with van der Waals surface area (Å²) in [4.78, 5) is 28.9. The van der Waals surface area contributed by atoms with Crippen molar-refractivity contribution < 1.29 is 19.2 Å². The van der Waals surface area contributed by atoms with Crippen molar-refractivity contribution in [2.75, 3.05) is 0 Å². The van der Waals surface area contributed by atoms with Crippen LogP contribution >= 0.6 is 0 Å². The lowest BCUT2D eigenvalue weighted by atomic mass is 9.91. The maximum absolute atomic E-state index is 11.9. The molecule has 0 bridgehead atoms. The highest BCUT2D eigenvalue weighted by Gasteiger charge is 2.27. The van der Waals surface area contributed by atoms with Gasteiger partial charge < -0.3 is 14.9 Å². The molecule has 0 heterocycles. The van der Waals surface area contributed by atoms with Gasteiger partial charge in [0.2, 0.25) is 0 Å². The molecular weight excluding hydrogens is 320 g/mol. The van der Waals surface area contributed by atoms with Crippen LogP contribution in [0.2, 0.25) is 0 Å². The third-order valence-corrected chi connectivity index (χ3v) is 4.14. The molecule has 2 unspecified atom stereocenters. The minimum Gasteiger partial charge on any atom is -0.445 e. The van der Waals surface area contributed by atoms with Gasteiger partial charge >= 0.3 is 12.1 Å². The van der Waals surface area contributed by atoms with Crippen LogP contribution in [-0.4, -0.2) is 24.1 Å². The van der Waals surface area contributed by atoms with Gasteiger partial charge in [0, 0.05) is 12.1 Å². The van der Waals surface area contributed by atoms with Gasteiger partial charge in [0.05, 0.1) is 5.41 Å². The Morgan fingerprint density at radius 3 is 2.48 bits per heavy atom. The molecule has 1 aliphatic carbocycles. The first-order valence-corrected chi connectivity index (χ1v) is 8.78. The fraction of sp³-hybridized carbons (Fsp3) is 0.579. The average molecular weight is 348 g/mol. The zero-order chi connectivity index (χ0) is 18.3. The average Bonchev–Trinajstić information content (AvgIpc) is 2.58. The van der Waals surface area contributed by atoms with Crippen LogP contribution in [-0.2, 0) is 21.0 Å². The molecule has 1 aromatic rings. The zero-order valence-corrected chi connectivity index (χ0v) is 15.2. The van der Waals surface area contributed by atoms with Gasteiger partial charge in [-0.15, -0.1) is 5.48 Å². The van der Waals surface area contributed by atoms with Crippen molar-refractivity contribution in [1.82, 2.24) is 10.8 Å². The normalized spacial score (nSPS) is 20.6. The molecule has 6 heteroatoms. The minimum absolute atomic E-state index is 0.0165. The van der Waals surface area contributed by atoms with Crippen LogP contribution in [0.5, 0.6) is 0 Å². The summed E-state index contributed by atoms with van der Waals surface area (Å²) in [7, 11) is 0. The lowest BCUT2D eigenvalue weighted by Gasteiger charge is -2.30. The number of benzene rings is 1. The van der Waals surface area contributed by atoms with E-state index in [1.165, 1.54) is 0 Å². The third kappa shape index (κ3) is 6.74. The number of alkyl carbamates (subject to hydrolysis) is 1. The molecule has 0 spiro atoms. The van der Waals surface area contributed by atoms with Crippen LogP contribution in [0.25, 0.3) is 0 Å². The molecule has 0 aromatic heterocycles. The van der Waals surface area contributed by atoms with Crippen molar-refractivity contribution in [3.05, 3.63) is 35.9 Å². The van der Waals surface area contributed by atoms with Crippen molar-refractivity contribution in [3.8, 4) is 0 Å². The molecule has 0 saturated heterocycles. The van der Waals surface area contributed by atoms with Crippen LogP contribution in [0, 0.1) is 5.41 Å². The quantitative estimate of drug-likeness (QED) is 0.798. The number of nitrogens with one attached hydrogen (secondary N) is 2. The zero-order valence-electron chi connectivity index (χ0n) is 15.2. The van der Waals surface area contributed by atoms with E-state index in [4.69, 9.17) is 9.57 Å². The van der Waals surface area contributed by atoms with E-state index in [2.05, 4.69) is 10.8 Å². The Bertz CT molecular complexity index is 569. The predicted molar refractivity (Wildman–Crippen MR) is 94.5 cm³/mol. The van der Waals surface area contributed by atoms with Crippen LogP contribution < -0.4 is 10.8 Å². The summed E-state index contributed by atoms with van der Waals surface area (Å²) in [5.41, 5.74) is 3.26. The first-order valence-electron chi connectivity index (χ1n) is 8.78. The Balaban J connectivity index is 1.71. The van der Waals surface area contributed by atoms with Gasteiger partial charge in [-0.1, -0.05) is 30.3 Å². The summed E-state index contributed by atoms with van der Waals surface area (Å²) < 4.78 is 5.25. The van der Waals surface area contributed by atoms with Crippen LogP contribution in [0.15, 0.2) is 30.3 Å². The van der Waals surface area contributed by atoms with E-state index in [1.807, 2.05) is 51.1 Å². The molecule has 25 heavy (non-hydrogen) atoms. The van der Waals surface area contributed by atoms with Crippen molar-refractivity contribution in [2.45, 2.75) is 65.1 Å². The molecule has 2 atom stereocenters. The topological polar surface area (TPSA) is 76.7 Å². The molecule has 6 nitrogen and oxygen atoms in total. The molecule has 0 aliphatic heterocycles. The summed E-state index contributed by atoms with van der Waals surface area (Å²) in [5.74, 6) is -0.287. The maximum atomic E-state index is 11.9. The fourth-order valence-corrected chi connectivity index (χ4v) is 2.65. The van der Waals surface area contributed by atoms with Gasteiger partial charge in [-0.3, -0.25) is 0 Å². The van der Waals surface area contributed by atoms with E-state index in [1.54, 1.807) is 0 Å². The Hall–Kier alpha value is -2.08. The SMILES string of the molecule is CC(C)(C)C(=O)ONC1CCCC(NC(=O)OCc2ccccc2)C1. The van der Waals surface area contributed by atoms with Gasteiger partial charge in [0.15, 0.2) is 0 Å². The Kier molecular flexibility index (Phi) is 6.82. The highest BCUT2D eigenvalue weighted by Crippen LogP contribution is 2.20. The van der Waals surface area contributed by atoms with Crippen molar-refractivity contribution in [1.29, 1.82) is 0 Å². The minimum atomic E-state index is -0.541. The number of carbonyl (C=O) groups is 2. The summed E-state index contributed by atoms with van der Waals surface area (Å²) in [6.07, 6.45) is 3.05. The molecular formula is C19H28N2O4. The number of amides is 1. The van der Waals surface area contributed by atoms with Crippen molar-refractivity contribution >= 4 is 12.1 Å². The maximum Gasteiger partial charge on any atom is 0.407 e. The number of hydrogen-bond acceptors (Lipinski definition) is 5. The summed E-state index contributed by atoms with van der Waals surface area (Å²) in [6.45, 7) is 5.69. The molecule has 1 amide bonds. The molecule has 1 aliphatic rings. The summed E-state index contributed by atoms with van der Waals surface area (Å²) in [5, 5.41) is 2.90. The van der Waals surface area contributed by atoms with Gasteiger partial charge in [0.25, 0.3) is 0 Å². The lowest BCUT2D eigenvalue weighted by Crippen LogP contribution is -2.45. The Morgan fingerprint density at radius 2 is 1.80 bits per heavy atom. The largest absolute Gasteiger partial charge is 0.445 e. The summed E-state index contributed by atoms with van der Waals surface area (Å²) in [6, 6.07) is 9.63. The number of rotatable bonds is 5. The molecule has 1 fully saturated rings. The van der Waals surface area contributed by atoms with Crippen LogP contribution in [0.3, 0.4) is 0 Å². The summed E-state index contributed by atoms with van der Waals surface area (Å²) >= 11 is 0. The number of hydrogen-bond donors (Lipinski definition) is 2. The van der Waals surface area contributed by atoms with Gasteiger partial charge in [-0.2, -0.15) is 0 Å². The van der Waals surface area contributed by atoms with E-state index in [0.717, 1.165) is 24.8 Å². The van der Waals surface area contributed by atoms with E-state index < -0.39 is 11.5 Å². The third-order valence-electron chi connectivity index (χ3n) is 4.14. The van der Waals surface area contributed by atoms with E-state index in [-0.39, 0.29) is 24.7 Å². The van der Waals surface area contributed by atoms with Crippen LogP contribution in [0.4, 0.5) is 4.79 Å². The Morgan fingerprint density at radius 1 is 1.12 bits per heavy atom. The predicted octanol–water partition coefficient (Wildman–Crippen LogP) is 3.32.